The summed E-state index contributed by atoms with van der Waals surface area (Å²) in [6.07, 6.45) is 1.38. The van der Waals surface area contributed by atoms with E-state index in [-0.39, 0.29) is 5.78 Å². The monoisotopic (exact) mass is 204 g/mol. The first kappa shape index (κ1) is 9.86. The van der Waals surface area contributed by atoms with Crippen molar-refractivity contribution in [2.75, 3.05) is 13.1 Å². The first-order valence-corrected chi connectivity index (χ1v) is 4.88. The summed E-state index contributed by atoms with van der Waals surface area (Å²) in [7, 11) is 0. The molecule has 0 amide bonds. The molecule has 0 atom stereocenters. The SMILES string of the molecule is CCNCC(=O)c1ccc2ncoc2c1. The van der Waals surface area contributed by atoms with E-state index in [2.05, 4.69) is 10.3 Å². The molecule has 1 aromatic carbocycles. The van der Waals surface area contributed by atoms with Gasteiger partial charge in [0, 0.05) is 5.56 Å². The molecule has 0 fully saturated rings. The van der Waals surface area contributed by atoms with Gasteiger partial charge in [-0.1, -0.05) is 6.92 Å². The highest BCUT2D eigenvalue weighted by atomic mass is 16.3. The van der Waals surface area contributed by atoms with Crippen molar-refractivity contribution in [2.45, 2.75) is 6.92 Å². The van der Waals surface area contributed by atoms with Crippen molar-refractivity contribution >= 4 is 16.9 Å². The molecule has 0 bridgehead atoms. The molecule has 1 N–H and O–H groups in total. The van der Waals surface area contributed by atoms with Crippen LogP contribution in [-0.4, -0.2) is 23.9 Å². The number of nitrogens with one attached hydrogen (secondary N) is 1. The number of ketones is 1. The van der Waals surface area contributed by atoms with Crippen molar-refractivity contribution in [1.29, 1.82) is 0 Å². The molecule has 1 aromatic heterocycles. The Balaban J connectivity index is 2.23. The Morgan fingerprint density at radius 2 is 2.40 bits per heavy atom. The Kier molecular flexibility index (Phi) is 2.78. The smallest absolute Gasteiger partial charge is 0.181 e. The number of nitrogens with zero attached hydrogens (tertiary/aromatic N) is 1. The van der Waals surface area contributed by atoms with Crippen LogP contribution in [0.3, 0.4) is 0 Å². The number of rotatable bonds is 4. The Labute approximate surface area is 87.3 Å². The van der Waals surface area contributed by atoms with Crippen molar-refractivity contribution in [2.24, 2.45) is 0 Å². The Bertz CT molecular complexity index is 476. The molecule has 15 heavy (non-hydrogen) atoms. The summed E-state index contributed by atoms with van der Waals surface area (Å²) in [6, 6.07) is 5.28. The zero-order valence-electron chi connectivity index (χ0n) is 8.49. The maximum Gasteiger partial charge on any atom is 0.181 e. The third kappa shape index (κ3) is 2.05. The van der Waals surface area contributed by atoms with E-state index in [0.717, 1.165) is 12.1 Å². The molecule has 0 spiro atoms. The van der Waals surface area contributed by atoms with Crippen LogP contribution in [0.15, 0.2) is 29.0 Å². The predicted molar refractivity (Wildman–Crippen MR) is 56.9 cm³/mol. The molecule has 78 valence electrons. The van der Waals surface area contributed by atoms with Crippen molar-refractivity contribution in [3.05, 3.63) is 30.2 Å². The van der Waals surface area contributed by atoms with E-state index in [9.17, 15) is 4.79 Å². The maximum atomic E-state index is 11.6. The lowest BCUT2D eigenvalue weighted by Gasteiger charge is -2.00. The number of likely N-dealkylation sites (N-methyl/N-ethyl adjacent to an activating group) is 1. The molecule has 0 aliphatic rings. The first-order valence-electron chi connectivity index (χ1n) is 4.88. The van der Waals surface area contributed by atoms with Crippen molar-refractivity contribution in [3.8, 4) is 0 Å². The van der Waals surface area contributed by atoms with E-state index in [1.54, 1.807) is 18.2 Å². The van der Waals surface area contributed by atoms with Crippen molar-refractivity contribution < 1.29 is 9.21 Å². The summed E-state index contributed by atoms with van der Waals surface area (Å²) >= 11 is 0. The third-order valence-corrected chi connectivity index (χ3v) is 2.19. The lowest BCUT2D eigenvalue weighted by molar-refractivity contribution is 0.0992. The number of benzene rings is 1. The fourth-order valence-corrected chi connectivity index (χ4v) is 1.37. The van der Waals surface area contributed by atoms with Gasteiger partial charge < -0.3 is 9.73 Å². The fraction of sp³-hybridized carbons (Fsp3) is 0.273. The van der Waals surface area contributed by atoms with Crippen LogP contribution in [0.25, 0.3) is 11.1 Å². The molecule has 4 heteroatoms. The van der Waals surface area contributed by atoms with Gasteiger partial charge in [0.15, 0.2) is 17.8 Å². The topological polar surface area (TPSA) is 55.1 Å². The van der Waals surface area contributed by atoms with E-state index in [1.165, 1.54) is 6.39 Å². The summed E-state index contributed by atoms with van der Waals surface area (Å²) in [6.45, 7) is 3.11. The van der Waals surface area contributed by atoms with Gasteiger partial charge in [-0.3, -0.25) is 4.79 Å². The second-order valence-corrected chi connectivity index (χ2v) is 3.24. The van der Waals surface area contributed by atoms with Gasteiger partial charge in [0.1, 0.15) is 5.52 Å². The highest BCUT2D eigenvalue weighted by molar-refractivity contribution is 5.99. The standard InChI is InChI=1S/C11H12N2O2/c1-2-12-6-10(14)8-3-4-9-11(5-8)15-7-13-9/h3-5,7,12H,2,6H2,1H3. The van der Waals surface area contributed by atoms with Crippen LogP contribution >= 0.6 is 0 Å². The quantitative estimate of drug-likeness (QED) is 0.769. The predicted octanol–water partition coefficient (Wildman–Crippen LogP) is 1.62. The molecular formula is C11H12N2O2. The number of fused-ring (bicyclic) bond motifs is 1. The van der Waals surface area contributed by atoms with Gasteiger partial charge in [0.25, 0.3) is 0 Å². The highest BCUT2D eigenvalue weighted by Gasteiger charge is 2.07. The van der Waals surface area contributed by atoms with Gasteiger partial charge >= 0.3 is 0 Å². The Hall–Kier alpha value is -1.68. The van der Waals surface area contributed by atoms with E-state index >= 15 is 0 Å². The zero-order valence-corrected chi connectivity index (χ0v) is 8.49. The number of hydrogen-bond acceptors (Lipinski definition) is 4. The molecule has 0 radical (unpaired) electrons. The summed E-state index contributed by atoms with van der Waals surface area (Å²) in [5.41, 5.74) is 2.08. The fourth-order valence-electron chi connectivity index (χ4n) is 1.37. The molecule has 2 rings (SSSR count). The van der Waals surface area contributed by atoms with Gasteiger partial charge in [-0.15, -0.1) is 0 Å². The van der Waals surface area contributed by atoms with Crippen LogP contribution in [0.1, 0.15) is 17.3 Å². The molecule has 0 unspecified atom stereocenters. The average molecular weight is 204 g/mol. The maximum absolute atomic E-state index is 11.6. The van der Waals surface area contributed by atoms with Crippen LogP contribution in [0, 0.1) is 0 Å². The van der Waals surface area contributed by atoms with Crippen molar-refractivity contribution in [1.82, 2.24) is 10.3 Å². The average Bonchev–Trinajstić information content (AvgIpc) is 2.72. The van der Waals surface area contributed by atoms with Gasteiger partial charge in [-0.05, 0) is 24.7 Å². The number of oxazole rings is 1. The van der Waals surface area contributed by atoms with Gasteiger partial charge in [-0.25, -0.2) is 4.98 Å². The Morgan fingerprint density at radius 3 is 3.20 bits per heavy atom. The number of carbonyl (C=O) groups is 1. The van der Waals surface area contributed by atoms with Crippen LogP contribution in [0.4, 0.5) is 0 Å². The minimum absolute atomic E-state index is 0.0650. The normalized spacial score (nSPS) is 10.7. The highest BCUT2D eigenvalue weighted by Crippen LogP contribution is 2.14. The first-order chi connectivity index (χ1) is 7.31. The number of Topliss-reactive ketones (excluding diaryl/α,β-unsaturated/α-hetero) is 1. The molecule has 0 aliphatic carbocycles. The van der Waals surface area contributed by atoms with Crippen molar-refractivity contribution in [3.63, 3.8) is 0 Å². The van der Waals surface area contributed by atoms with Gasteiger partial charge in [0.2, 0.25) is 0 Å². The molecule has 0 saturated carbocycles. The zero-order chi connectivity index (χ0) is 10.7. The van der Waals surface area contributed by atoms with Crippen LogP contribution in [0.2, 0.25) is 0 Å². The van der Waals surface area contributed by atoms with Gasteiger partial charge in [0.05, 0.1) is 6.54 Å². The lowest BCUT2D eigenvalue weighted by Crippen LogP contribution is -2.22. The van der Waals surface area contributed by atoms with E-state index < -0.39 is 0 Å². The molecule has 4 nitrogen and oxygen atoms in total. The Morgan fingerprint density at radius 1 is 1.53 bits per heavy atom. The van der Waals surface area contributed by atoms with E-state index in [1.807, 2.05) is 6.92 Å². The lowest BCUT2D eigenvalue weighted by atomic mass is 10.1. The third-order valence-electron chi connectivity index (χ3n) is 2.19. The molecule has 0 saturated heterocycles. The second-order valence-electron chi connectivity index (χ2n) is 3.24. The largest absolute Gasteiger partial charge is 0.443 e. The molecule has 0 aliphatic heterocycles. The summed E-state index contributed by atoms with van der Waals surface area (Å²) in [4.78, 5) is 15.6. The van der Waals surface area contributed by atoms with Crippen LogP contribution < -0.4 is 5.32 Å². The van der Waals surface area contributed by atoms with Crippen LogP contribution in [0.5, 0.6) is 0 Å². The summed E-state index contributed by atoms with van der Waals surface area (Å²) in [5.74, 6) is 0.0650. The second kappa shape index (κ2) is 4.23. The number of aromatic nitrogens is 1. The minimum atomic E-state index is 0.0650. The van der Waals surface area contributed by atoms with Crippen LogP contribution in [-0.2, 0) is 0 Å². The number of carbonyl (C=O) groups excluding carboxylic acids is 1. The molecular weight excluding hydrogens is 192 g/mol. The molecule has 1 heterocycles. The number of hydrogen-bond donors (Lipinski definition) is 1. The van der Waals surface area contributed by atoms with Gasteiger partial charge in [-0.2, -0.15) is 0 Å². The molecule has 2 aromatic rings. The van der Waals surface area contributed by atoms with E-state index in [4.69, 9.17) is 4.42 Å². The summed E-state index contributed by atoms with van der Waals surface area (Å²) < 4.78 is 5.13. The van der Waals surface area contributed by atoms with E-state index in [0.29, 0.717) is 17.7 Å². The summed E-state index contributed by atoms with van der Waals surface area (Å²) in [5, 5.41) is 2.99. The minimum Gasteiger partial charge on any atom is -0.443 e.